The second-order valence-corrected chi connectivity index (χ2v) is 23.4. The van der Waals surface area contributed by atoms with Crippen LogP contribution in [-0.2, 0) is 27.1 Å². The summed E-state index contributed by atoms with van der Waals surface area (Å²) in [6.45, 7) is 13.8. The molecular weight excluding hydrogens is 889 g/mol. The fourth-order valence-corrected chi connectivity index (χ4v) is 8.80. The smallest absolute Gasteiger partial charge is 0.192 e. The first-order valence-corrected chi connectivity index (χ1v) is 25.7. The lowest BCUT2D eigenvalue weighted by atomic mass is 9.95. The molecule has 350 valence electrons. The van der Waals surface area contributed by atoms with E-state index in [-0.39, 0.29) is 35.6 Å². The number of rotatable bonds is 14. The molecule has 8 heterocycles. The molecule has 2 aromatic carbocycles. The number of nitrogens with zero attached hydrogens (tertiary/aromatic N) is 14. The SMILES string of the molecule is CC(C)(C)[Si](C)(C)OCc1cccc(-n2ncc3ccc(-c4cccc(C(N=[N+]=[N-])C5COC5)n4)cc32)n1.[N-]=[N+]=NC(c1cccc(-c2ccc3cnn(-c4cccc(CO)n4)c3c2)n1)C1COC1. The Hall–Kier alpha value is -7.34. The summed E-state index contributed by atoms with van der Waals surface area (Å²) in [7, 11) is -1.89. The third-order valence-electron chi connectivity index (χ3n) is 13.0. The summed E-state index contributed by atoms with van der Waals surface area (Å²) in [5, 5.41) is 28.6. The number of azide groups is 2. The predicted molar refractivity (Wildman–Crippen MR) is 264 cm³/mol. The van der Waals surface area contributed by atoms with Crippen molar-refractivity contribution in [2.45, 2.75) is 64.2 Å². The van der Waals surface area contributed by atoms with Crippen molar-refractivity contribution in [3.8, 4) is 34.2 Å². The summed E-state index contributed by atoms with van der Waals surface area (Å²) in [5.74, 6) is 1.67. The summed E-state index contributed by atoms with van der Waals surface area (Å²) in [6.07, 6.45) is 3.63. The number of ether oxygens (including phenoxy) is 2. The molecule has 1 N–H and O–H groups in total. The molecule has 2 saturated heterocycles. The third kappa shape index (κ3) is 10.1. The lowest BCUT2D eigenvalue weighted by Crippen LogP contribution is -2.40. The van der Waals surface area contributed by atoms with Crippen molar-refractivity contribution in [3.63, 3.8) is 0 Å². The van der Waals surface area contributed by atoms with E-state index in [2.05, 4.69) is 75.2 Å². The maximum absolute atomic E-state index is 9.40. The van der Waals surface area contributed by atoms with Crippen molar-refractivity contribution in [1.82, 2.24) is 39.5 Å². The molecule has 6 aromatic heterocycles. The highest BCUT2D eigenvalue weighted by Gasteiger charge is 2.37. The van der Waals surface area contributed by atoms with E-state index >= 15 is 0 Å². The van der Waals surface area contributed by atoms with Crippen LogP contribution < -0.4 is 0 Å². The maximum Gasteiger partial charge on any atom is 0.192 e. The third-order valence-corrected chi connectivity index (χ3v) is 17.5. The van der Waals surface area contributed by atoms with E-state index in [1.165, 1.54) is 0 Å². The Balaban J connectivity index is 0.000000175. The second kappa shape index (κ2) is 20.1. The molecule has 18 nitrogen and oxygen atoms in total. The van der Waals surface area contributed by atoms with E-state index in [1.54, 1.807) is 16.9 Å². The topological polar surface area (TPSA) is 233 Å². The fourth-order valence-electron chi connectivity index (χ4n) is 7.86. The van der Waals surface area contributed by atoms with E-state index in [9.17, 15) is 5.11 Å². The van der Waals surface area contributed by atoms with Crippen LogP contribution in [0.2, 0.25) is 18.1 Å². The molecule has 0 spiro atoms. The van der Waals surface area contributed by atoms with Gasteiger partial charge in [-0.3, -0.25) is 9.97 Å². The molecular formula is C50H52N14O4Si. The van der Waals surface area contributed by atoms with Crippen LogP contribution in [0.3, 0.4) is 0 Å². The van der Waals surface area contributed by atoms with Crippen molar-refractivity contribution < 1.29 is 19.0 Å². The minimum Gasteiger partial charge on any atom is -0.411 e. The molecule has 0 bridgehead atoms. The van der Waals surface area contributed by atoms with Gasteiger partial charge in [-0.05, 0) is 89.9 Å². The zero-order valence-corrected chi connectivity index (χ0v) is 40.0. The Bertz CT molecular complexity index is 3220. The van der Waals surface area contributed by atoms with Gasteiger partial charge in [0.15, 0.2) is 20.0 Å². The molecule has 0 aliphatic carbocycles. The molecule has 2 unspecified atom stereocenters. The monoisotopic (exact) mass is 940 g/mol. The molecule has 8 aromatic rings. The van der Waals surface area contributed by atoms with Crippen LogP contribution in [0.5, 0.6) is 0 Å². The van der Waals surface area contributed by atoms with Crippen LogP contribution in [0.1, 0.15) is 55.6 Å². The lowest BCUT2D eigenvalue weighted by molar-refractivity contribution is -0.0446. The van der Waals surface area contributed by atoms with Gasteiger partial charge in [-0.15, -0.1) is 0 Å². The first-order valence-electron chi connectivity index (χ1n) is 22.7. The fraction of sp³-hybridized carbons (Fsp3) is 0.320. The number of aliphatic hydroxyl groups excluding tert-OH is 1. The summed E-state index contributed by atoms with van der Waals surface area (Å²) in [4.78, 5) is 25.0. The van der Waals surface area contributed by atoms with Crippen LogP contribution in [-0.4, -0.2) is 79.3 Å². The first kappa shape index (κ1) is 46.8. The van der Waals surface area contributed by atoms with Gasteiger partial charge in [-0.1, -0.05) is 79.5 Å². The van der Waals surface area contributed by atoms with Crippen LogP contribution in [0.25, 0.3) is 76.8 Å². The van der Waals surface area contributed by atoms with E-state index in [0.717, 1.165) is 67.2 Å². The highest BCUT2D eigenvalue weighted by Crippen LogP contribution is 2.38. The molecule has 10 rings (SSSR count). The van der Waals surface area contributed by atoms with Crippen LogP contribution >= 0.6 is 0 Å². The molecule has 0 radical (unpaired) electrons. The van der Waals surface area contributed by atoms with Gasteiger partial charge in [0.25, 0.3) is 0 Å². The molecule has 2 fully saturated rings. The zero-order valence-electron chi connectivity index (χ0n) is 39.0. The summed E-state index contributed by atoms with van der Waals surface area (Å²) in [5.41, 5.74) is 26.3. The number of hydrogen-bond donors (Lipinski definition) is 1. The van der Waals surface area contributed by atoms with Gasteiger partial charge in [-0.25, -0.2) is 19.3 Å². The van der Waals surface area contributed by atoms with Gasteiger partial charge in [-0.2, -0.15) is 10.2 Å². The summed E-state index contributed by atoms with van der Waals surface area (Å²) < 4.78 is 20.6. The van der Waals surface area contributed by atoms with Gasteiger partial charge >= 0.3 is 0 Å². The van der Waals surface area contributed by atoms with Gasteiger partial charge in [0, 0.05) is 43.6 Å². The standard InChI is InChI=1S/C28H33N7O2Si.C22H19N7O2/c1-28(2,3)38(4,5)37-18-22-8-6-11-26(31-22)35-25-14-19(12-13-20(25)15-30-35)23-9-7-10-24(32-23)27(33-34-29)21-16-36-17-21;23-28-27-22(16-12-31-13-16)19-5-2-4-18(26-19)14-7-8-15-10-24-29(20(15)9-14)21-6-1-3-17(11-30)25-21/h6-15,21,27H,16-18H2,1-5H3;1-10,16,22,30H,11-13H2. The highest BCUT2D eigenvalue weighted by molar-refractivity contribution is 6.74. The second-order valence-electron chi connectivity index (χ2n) is 18.6. The van der Waals surface area contributed by atoms with Crippen molar-refractivity contribution in [2.24, 2.45) is 22.1 Å². The van der Waals surface area contributed by atoms with Crippen LogP contribution in [0.4, 0.5) is 0 Å². The van der Waals surface area contributed by atoms with Crippen LogP contribution in [0.15, 0.2) is 132 Å². The van der Waals surface area contributed by atoms with Gasteiger partial charge in [0.05, 0.1) is 109 Å². The Morgan fingerprint density at radius 3 is 1.57 bits per heavy atom. The quantitative estimate of drug-likeness (QED) is 0.0469. The molecule has 0 amide bonds. The minimum absolute atomic E-state index is 0.132. The zero-order chi connectivity index (χ0) is 48.1. The summed E-state index contributed by atoms with van der Waals surface area (Å²) in [6, 6.07) is 34.4. The highest BCUT2D eigenvalue weighted by atomic mass is 28.4. The molecule has 2 atom stereocenters. The van der Waals surface area contributed by atoms with Gasteiger partial charge < -0.3 is 19.0 Å². The number of pyridine rings is 4. The average molecular weight is 941 g/mol. The Labute approximate surface area is 399 Å². The van der Waals surface area contributed by atoms with E-state index in [1.807, 2.05) is 108 Å². The summed E-state index contributed by atoms with van der Waals surface area (Å²) >= 11 is 0. The van der Waals surface area contributed by atoms with E-state index in [0.29, 0.717) is 44.5 Å². The van der Waals surface area contributed by atoms with E-state index in [4.69, 9.17) is 39.9 Å². The van der Waals surface area contributed by atoms with Crippen molar-refractivity contribution in [1.29, 1.82) is 0 Å². The number of benzene rings is 2. The van der Waals surface area contributed by atoms with E-state index < -0.39 is 8.32 Å². The number of fused-ring (bicyclic) bond motifs is 2. The predicted octanol–water partition coefficient (Wildman–Crippen LogP) is 11.0. The first-order chi connectivity index (χ1) is 33.4. The van der Waals surface area contributed by atoms with Crippen molar-refractivity contribution >= 4 is 30.1 Å². The van der Waals surface area contributed by atoms with Crippen molar-refractivity contribution in [2.75, 3.05) is 26.4 Å². The normalized spacial score (nSPS) is 15.0. The lowest BCUT2D eigenvalue weighted by Gasteiger charge is -2.36. The molecule has 0 saturated carbocycles. The van der Waals surface area contributed by atoms with Crippen molar-refractivity contribution in [3.05, 3.63) is 165 Å². The Kier molecular flexibility index (Phi) is 13.6. The molecule has 69 heavy (non-hydrogen) atoms. The maximum atomic E-state index is 9.40. The number of hydrogen-bond acceptors (Lipinski definition) is 12. The van der Waals surface area contributed by atoms with Crippen LogP contribution in [0, 0.1) is 11.8 Å². The van der Waals surface area contributed by atoms with Gasteiger partial charge in [0.2, 0.25) is 0 Å². The molecule has 2 aliphatic heterocycles. The Morgan fingerprint density at radius 2 is 1.13 bits per heavy atom. The Morgan fingerprint density at radius 1 is 0.667 bits per heavy atom. The molecule has 2 aliphatic rings. The number of aliphatic hydroxyl groups is 1. The number of aromatic nitrogens is 8. The largest absolute Gasteiger partial charge is 0.411 e. The average Bonchev–Trinajstić information content (AvgIpc) is 3.96. The van der Waals surface area contributed by atoms with Gasteiger partial charge in [0.1, 0.15) is 0 Å². The molecule has 19 heteroatoms. The minimum atomic E-state index is -1.89.